The van der Waals surface area contributed by atoms with Gasteiger partial charge in [0, 0.05) is 5.75 Å². The third kappa shape index (κ3) is 10.1. The minimum Gasteiger partial charge on any atom is -0.306 e. The van der Waals surface area contributed by atoms with Crippen LogP contribution >= 0.6 is 0 Å². The maximum Gasteiger partial charge on any atom is 0.152 e. The van der Waals surface area contributed by atoms with Gasteiger partial charge in [0.1, 0.15) is 0 Å². The van der Waals surface area contributed by atoms with Crippen molar-refractivity contribution in [1.29, 1.82) is 0 Å². The van der Waals surface area contributed by atoms with Crippen LogP contribution in [-0.2, 0) is 11.1 Å². The molecule has 0 aromatic rings. The molecule has 0 heterocycles. The first-order valence-corrected chi connectivity index (χ1v) is 6.12. The van der Waals surface area contributed by atoms with Crippen molar-refractivity contribution in [1.82, 2.24) is 0 Å². The van der Waals surface area contributed by atoms with E-state index in [4.69, 9.17) is 4.55 Å². The lowest BCUT2D eigenvalue weighted by molar-refractivity contribution is 0.554. The fourth-order valence-corrected chi connectivity index (χ4v) is 1.63. The zero-order chi connectivity index (χ0) is 9.23. The van der Waals surface area contributed by atoms with Crippen molar-refractivity contribution in [3.8, 4) is 0 Å². The number of unbranched alkanes of at least 4 members (excludes halogenated alkanes) is 6. The predicted octanol–water partition coefficient (Wildman–Crippen LogP) is 2.96. The van der Waals surface area contributed by atoms with E-state index in [0.29, 0.717) is 5.75 Å². The SMILES string of the molecule is CCCCCCCCCS(=O)O. The maximum absolute atomic E-state index is 10.2. The van der Waals surface area contributed by atoms with Crippen molar-refractivity contribution >= 4 is 11.1 Å². The van der Waals surface area contributed by atoms with Gasteiger partial charge in [-0.3, -0.25) is 0 Å². The fraction of sp³-hybridized carbons (Fsp3) is 1.00. The summed E-state index contributed by atoms with van der Waals surface area (Å²) in [5.41, 5.74) is 0. The second-order valence-corrected chi connectivity index (χ2v) is 4.20. The highest BCUT2D eigenvalue weighted by Gasteiger charge is 1.93. The van der Waals surface area contributed by atoms with Crippen LogP contribution in [0, 0.1) is 0 Å². The second-order valence-electron chi connectivity index (χ2n) is 3.15. The Morgan fingerprint density at radius 2 is 1.50 bits per heavy atom. The van der Waals surface area contributed by atoms with Crippen molar-refractivity contribution in [2.24, 2.45) is 0 Å². The van der Waals surface area contributed by atoms with Gasteiger partial charge in [0.2, 0.25) is 0 Å². The van der Waals surface area contributed by atoms with Gasteiger partial charge >= 0.3 is 0 Å². The van der Waals surface area contributed by atoms with Gasteiger partial charge in [0.15, 0.2) is 11.1 Å². The Morgan fingerprint density at radius 3 is 2.00 bits per heavy atom. The van der Waals surface area contributed by atoms with Gasteiger partial charge in [0.05, 0.1) is 0 Å². The molecule has 3 heteroatoms. The van der Waals surface area contributed by atoms with Crippen LogP contribution in [0.1, 0.15) is 51.9 Å². The fourth-order valence-electron chi connectivity index (χ4n) is 1.18. The van der Waals surface area contributed by atoms with E-state index in [2.05, 4.69) is 6.92 Å². The van der Waals surface area contributed by atoms with Gasteiger partial charge in [0.25, 0.3) is 0 Å². The summed E-state index contributed by atoms with van der Waals surface area (Å²) in [6.45, 7) is 2.20. The van der Waals surface area contributed by atoms with E-state index in [0.717, 1.165) is 12.8 Å². The van der Waals surface area contributed by atoms with Crippen LogP contribution < -0.4 is 0 Å². The Balaban J connectivity index is 2.86. The number of rotatable bonds is 8. The average Bonchev–Trinajstić information content (AvgIpc) is 2.02. The van der Waals surface area contributed by atoms with E-state index >= 15 is 0 Å². The number of hydrogen-bond acceptors (Lipinski definition) is 1. The third-order valence-electron chi connectivity index (χ3n) is 1.92. The van der Waals surface area contributed by atoms with Crippen LogP contribution in [0.15, 0.2) is 0 Å². The molecule has 1 unspecified atom stereocenters. The summed E-state index contributed by atoms with van der Waals surface area (Å²) in [5, 5.41) is 0. The summed E-state index contributed by atoms with van der Waals surface area (Å²) in [5.74, 6) is 0.452. The van der Waals surface area contributed by atoms with Gasteiger partial charge in [-0.2, -0.15) is 0 Å². The molecule has 0 bridgehead atoms. The minimum absolute atomic E-state index is 0.452. The molecule has 1 atom stereocenters. The molecule has 0 fully saturated rings. The van der Waals surface area contributed by atoms with Crippen LogP contribution in [0.4, 0.5) is 0 Å². The van der Waals surface area contributed by atoms with Gasteiger partial charge < -0.3 is 4.55 Å². The third-order valence-corrected chi connectivity index (χ3v) is 2.56. The lowest BCUT2D eigenvalue weighted by Crippen LogP contribution is -1.94. The lowest BCUT2D eigenvalue weighted by Gasteiger charge is -1.98. The minimum atomic E-state index is -1.57. The molecule has 0 aliphatic heterocycles. The zero-order valence-electron chi connectivity index (χ0n) is 7.92. The van der Waals surface area contributed by atoms with Gasteiger partial charge in [-0.05, 0) is 6.42 Å². The smallest absolute Gasteiger partial charge is 0.152 e. The van der Waals surface area contributed by atoms with Crippen LogP contribution in [-0.4, -0.2) is 14.5 Å². The average molecular weight is 192 g/mol. The Morgan fingerprint density at radius 1 is 1.00 bits per heavy atom. The maximum atomic E-state index is 10.2. The van der Waals surface area contributed by atoms with E-state index in [-0.39, 0.29) is 0 Å². The molecule has 0 saturated heterocycles. The standard InChI is InChI=1S/C9H20O2S/c1-2-3-4-5-6-7-8-9-12(10)11/h2-9H2,1H3,(H,10,11). The van der Waals surface area contributed by atoms with E-state index in [9.17, 15) is 4.21 Å². The van der Waals surface area contributed by atoms with Crippen molar-refractivity contribution in [3.05, 3.63) is 0 Å². The quantitative estimate of drug-likeness (QED) is 0.474. The molecule has 74 valence electrons. The predicted molar refractivity (Wildman–Crippen MR) is 53.6 cm³/mol. The summed E-state index contributed by atoms with van der Waals surface area (Å²) < 4.78 is 18.7. The molecule has 0 aliphatic rings. The zero-order valence-corrected chi connectivity index (χ0v) is 8.74. The highest BCUT2D eigenvalue weighted by atomic mass is 32.2. The van der Waals surface area contributed by atoms with E-state index in [1.807, 2.05) is 0 Å². The molecule has 0 rings (SSSR count). The molecule has 12 heavy (non-hydrogen) atoms. The van der Waals surface area contributed by atoms with E-state index in [1.165, 1.54) is 32.1 Å². The lowest BCUT2D eigenvalue weighted by atomic mass is 10.1. The normalized spacial score (nSPS) is 13.2. The van der Waals surface area contributed by atoms with Crippen molar-refractivity contribution < 1.29 is 8.76 Å². The van der Waals surface area contributed by atoms with Crippen molar-refractivity contribution in [2.75, 3.05) is 5.75 Å². The molecular weight excluding hydrogens is 172 g/mol. The van der Waals surface area contributed by atoms with Crippen molar-refractivity contribution in [3.63, 3.8) is 0 Å². The molecule has 0 saturated carbocycles. The summed E-state index contributed by atoms with van der Waals surface area (Å²) in [7, 11) is 0. The highest BCUT2D eigenvalue weighted by Crippen LogP contribution is 2.06. The Hall–Kier alpha value is 0.110. The Labute approximate surface area is 78.0 Å². The summed E-state index contributed by atoms with van der Waals surface area (Å²) in [6.07, 6.45) is 8.43. The molecule has 0 spiro atoms. The molecule has 0 aromatic carbocycles. The van der Waals surface area contributed by atoms with Crippen LogP contribution in [0.2, 0.25) is 0 Å². The molecule has 0 amide bonds. The molecule has 1 N–H and O–H groups in total. The highest BCUT2D eigenvalue weighted by molar-refractivity contribution is 7.79. The molecular formula is C9H20O2S. The monoisotopic (exact) mass is 192 g/mol. The molecule has 0 radical (unpaired) electrons. The summed E-state index contributed by atoms with van der Waals surface area (Å²) in [6, 6.07) is 0. The summed E-state index contributed by atoms with van der Waals surface area (Å²) in [4.78, 5) is 0. The van der Waals surface area contributed by atoms with Crippen molar-refractivity contribution in [2.45, 2.75) is 51.9 Å². The first-order chi connectivity index (χ1) is 5.77. The second kappa shape index (κ2) is 9.20. The Kier molecular flexibility index (Phi) is 9.28. The first kappa shape index (κ1) is 12.1. The van der Waals surface area contributed by atoms with Crippen LogP contribution in [0.25, 0.3) is 0 Å². The van der Waals surface area contributed by atoms with Gasteiger partial charge in [-0.25, -0.2) is 4.21 Å². The molecule has 0 aliphatic carbocycles. The number of hydrogen-bond donors (Lipinski definition) is 1. The van der Waals surface area contributed by atoms with Gasteiger partial charge in [-0.1, -0.05) is 45.4 Å². The van der Waals surface area contributed by atoms with Gasteiger partial charge in [-0.15, -0.1) is 0 Å². The van der Waals surface area contributed by atoms with Crippen LogP contribution in [0.5, 0.6) is 0 Å². The topological polar surface area (TPSA) is 37.3 Å². The summed E-state index contributed by atoms with van der Waals surface area (Å²) >= 11 is -1.57. The van der Waals surface area contributed by atoms with E-state index in [1.54, 1.807) is 0 Å². The molecule has 0 aromatic heterocycles. The largest absolute Gasteiger partial charge is 0.306 e. The van der Waals surface area contributed by atoms with E-state index < -0.39 is 11.1 Å². The Bertz CT molecular complexity index is 115. The molecule has 2 nitrogen and oxygen atoms in total. The first-order valence-electron chi connectivity index (χ1n) is 4.85. The van der Waals surface area contributed by atoms with Crippen LogP contribution in [0.3, 0.4) is 0 Å².